The van der Waals surface area contributed by atoms with Gasteiger partial charge in [0.15, 0.2) is 0 Å². The molecule has 0 radical (unpaired) electrons. The zero-order chi connectivity index (χ0) is 12.4. The SMILES string of the molecule is NC(=O)C1COCCN1C(=O)c1nonc1N. The quantitative estimate of drug-likeness (QED) is 0.609. The Morgan fingerprint density at radius 2 is 2.18 bits per heavy atom. The molecule has 1 aromatic rings. The van der Waals surface area contributed by atoms with E-state index >= 15 is 0 Å². The van der Waals surface area contributed by atoms with E-state index in [1.807, 2.05) is 0 Å². The Morgan fingerprint density at radius 1 is 1.41 bits per heavy atom. The number of anilines is 1. The van der Waals surface area contributed by atoms with Crippen molar-refractivity contribution < 1.29 is 19.0 Å². The van der Waals surface area contributed by atoms with Gasteiger partial charge in [-0.15, -0.1) is 0 Å². The van der Waals surface area contributed by atoms with Gasteiger partial charge in [-0.25, -0.2) is 4.63 Å². The summed E-state index contributed by atoms with van der Waals surface area (Å²) in [4.78, 5) is 24.4. The zero-order valence-corrected chi connectivity index (χ0v) is 8.83. The first-order valence-electron chi connectivity index (χ1n) is 4.87. The molecule has 1 aliphatic rings. The van der Waals surface area contributed by atoms with Crippen molar-refractivity contribution in [1.29, 1.82) is 0 Å². The van der Waals surface area contributed by atoms with Crippen molar-refractivity contribution in [2.45, 2.75) is 6.04 Å². The normalized spacial score (nSPS) is 20.2. The Hall–Kier alpha value is -2.16. The number of carbonyl (C=O) groups is 2. The van der Waals surface area contributed by atoms with E-state index in [0.717, 1.165) is 0 Å². The lowest BCUT2D eigenvalue weighted by atomic mass is 10.2. The number of rotatable bonds is 2. The standard InChI is InChI=1S/C8H11N5O4/c9-6-5(11-17-12-6)8(15)13-1-2-16-3-4(13)7(10)14/h4H,1-3H2,(H2,9,12)(H2,10,14). The second-order valence-electron chi connectivity index (χ2n) is 3.49. The molecular weight excluding hydrogens is 230 g/mol. The van der Waals surface area contributed by atoms with E-state index in [1.165, 1.54) is 4.90 Å². The molecule has 9 heteroatoms. The third kappa shape index (κ3) is 2.04. The fraction of sp³-hybridized carbons (Fsp3) is 0.500. The van der Waals surface area contributed by atoms with E-state index in [-0.39, 0.29) is 24.7 Å². The predicted molar refractivity (Wildman–Crippen MR) is 53.5 cm³/mol. The van der Waals surface area contributed by atoms with Gasteiger partial charge in [-0.1, -0.05) is 0 Å². The summed E-state index contributed by atoms with van der Waals surface area (Å²) in [5.74, 6) is -1.31. The number of nitrogens with two attached hydrogens (primary N) is 2. The molecule has 2 amide bonds. The van der Waals surface area contributed by atoms with Crippen LogP contribution in [0.5, 0.6) is 0 Å². The molecule has 1 aliphatic heterocycles. The van der Waals surface area contributed by atoms with Crippen LogP contribution in [-0.2, 0) is 9.53 Å². The van der Waals surface area contributed by atoms with E-state index in [2.05, 4.69) is 14.9 Å². The molecule has 9 nitrogen and oxygen atoms in total. The van der Waals surface area contributed by atoms with Gasteiger partial charge in [0, 0.05) is 6.54 Å². The number of nitrogen functional groups attached to an aromatic ring is 1. The van der Waals surface area contributed by atoms with Crippen molar-refractivity contribution in [3.8, 4) is 0 Å². The van der Waals surface area contributed by atoms with Gasteiger partial charge in [0.2, 0.25) is 17.4 Å². The molecule has 2 heterocycles. The summed E-state index contributed by atoms with van der Waals surface area (Å²) in [6.07, 6.45) is 0. The largest absolute Gasteiger partial charge is 0.379 e. The second-order valence-corrected chi connectivity index (χ2v) is 3.49. The summed E-state index contributed by atoms with van der Waals surface area (Å²) >= 11 is 0. The Morgan fingerprint density at radius 3 is 2.76 bits per heavy atom. The number of nitrogens with zero attached hydrogens (tertiary/aromatic N) is 3. The van der Waals surface area contributed by atoms with Gasteiger partial charge in [-0.05, 0) is 10.3 Å². The average molecular weight is 241 g/mol. The number of hydrogen-bond donors (Lipinski definition) is 2. The Bertz CT molecular complexity index is 445. The number of morpholine rings is 1. The van der Waals surface area contributed by atoms with Crippen LogP contribution in [-0.4, -0.2) is 52.8 Å². The fourth-order valence-corrected chi connectivity index (χ4v) is 1.56. The number of ether oxygens (including phenoxy) is 1. The fourth-order valence-electron chi connectivity index (χ4n) is 1.56. The molecule has 92 valence electrons. The third-order valence-corrected chi connectivity index (χ3v) is 2.43. The van der Waals surface area contributed by atoms with Gasteiger partial charge in [0.05, 0.1) is 13.2 Å². The second kappa shape index (κ2) is 4.37. The number of amides is 2. The minimum absolute atomic E-state index is 0.0618. The highest BCUT2D eigenvalue weighted by molar-refractivity contribution is 5.98. The predicted octanol–water partition coefficient (Wildman–Crippen LogP) is -2.02. The molecule has 1 fully saturated rings. The van der Waals surface area contributed by atoms with Crippen molar-refractivity contribution in [2.24, 2.45) is 5.73 Å². The van der Waals surface area contributed by atoms with Crippen molar-refractivity contribution >= 4 is 17.6 Å². The van der Waals surface area contributed by atoms with Gasteiger partial charge in [-0.3, -0.25) is 9.59 Å². The first-order chi connectivity index (χ1) is 8.11. The molecule has 1 saturated heterocycles. The van der Waals surface area contributed by atoms with Crippen LogP contribution in [0.4, 0.5) is 5.82 Å². The maximum absolute atomic E-state index is 12.0. The van der Waals surface area contributed by atoms with Crippen LogP contribution in [0.2, 0.25) is 0 Å². The summed E-state index contributed by atoms with van der Waals surface area (Å²) < 4.78 is 9.42. The van der Waals surface area contributed by atoms with Crippen LogP contribution in [0.1, 0.15) is 10.5 Å². The number of aromatic nitrogens is 2. The highest BCUT2D eigenvalue weighted by Crippen LogP contribution is 2.14. The van der Waals surface area contributed by atoms with E-state index in [0.29, 0.717) is 6.61 Å². The Kier molecular flexibility index (Phi) is 2.91. The van der Waals surface area contributed by atoms with Crippen LogP contribution in [0.25, 0.3) is 0 Å². The van der Waals surface area contributed by atoms with E-state index in [1.54, 1.807) is 0 Å². The first-order valence-corrected chi connectivity index (χ1v) is 4.87. The molecule has 1 aromatic heterocycles. The summed E-state index contributed by atoms with van der Waals surface area (Å²) in [6.45, 7) is 0.617. The lowest BCUT2D eigenvalue weighted by molar-refractivity contribution is -0.127. The first kappa shape index (κ1) is 11.3. The Labute approximate surface area is 95.6 Å². The third-order valence-electron chi connectivity index (χ3n) is 2.43. The summed E-state index contributed by atoms with van der Waals surface area (Å²) in [6, 6.07) is -0.827. The van der Waals surface area contributed by atoms with Crippen LogP contribution >= 0.6 is 0 Å². The molecule has 0 spiro atoms. The van der Waals surface area contributed by atoms with Crippen molar-refractivity contribution in [3.63, 3.8) is 0 Å². The molecule has 0 aromatic carbocycles. The minimum Gasteiger partial charge on any atom is -0.379 e. The van der Waals surface area contributed by atoms with Gasteiger partial charge in [0.1, 0.15) is 6.04 Å². The van der Waals surface area contributed by atoms with Gasteiger partial charge >= 0.3 is 0 Å². The van der Waals surface area contributed by atoms with Gasteiger partial charge < -0.3 is 21.1 Å². The zero-order valence-electron chi connectivity index (χ0n) is 8.83. The van der Waals surface area contributed by atoms with E-state index in [9.17, 15) is 9.59 Å². The van der Waals surface area contributed by atoms with Crippen LogP contribution in [0.15, 0.2) is 4.63 Å². The van der Waals surface area contributed by atoms with Crippen LogP contribution in [0, 0.1) is 0 Å². The summed E-state index contributed by atoms with van der Waals surface area (Å²) in [5.41, 5.74) is 10.5. The maximum atomic E-state index is 12.0. The highest BCUT2D eigenvalue weighted by atomic mass is 16.6. The van der Waals surface area contributed by atoms with Crippen molar-refractivity contribution in [2.75, 3.05) is 25.5 Å². The Balaban J connectivity index is 2.23. The average Bonchev–Trinajstić information content (AvgIpc) is 2.74. The van der Waals surface area contributed by atoms with Crippen molar-refractivity contribution in [3.05, 3.63) is 5.69 Å². The lowest BCUT2D eigenvalue weighted by Gasteiger charge is -2.32. The van der Waals surface area contributed by atoms with Crippen LogP contribution in [0.3, 0.4) is 0 Å². The lowest BCUT2D eigenvalue weighted by Crippen LogP contribution is -2.54. The molecule has 0 bridgehead atoms. The van der Waals surface area contributed by atoms with E-state index in [4.69, 9.17) is 16.2 Å². The number of carbonyl (C=O) groups excluding carboxylic acids is 2. The van der Waals surface area contributed by atoms with Gasteiger partial charge in [0.25, 0.3) is 5.91 Å². The van der Waals surface area contributed by atoms with E-state index < -0.39 is 17.9 Å². The molecule has 4 N–H and O–H groups in total. The molecule has 1 unspecified atom stereocenters. The smallest absolute Gasteiger partial charge is 0.280 e. The molecule has 0 saturated carbocycles. The van der Waals surface area contributed by atoms with Gasteiger partial charge in [-0.2, -0.15) is 0 Å². The minimum atomic E-state index is -0.827. The highest BCUT2D eigenvalue weighted by Gasteiger charge is 2.34. The molecule has 2 rings (SSSR count). The van der Waals surface area contributed by atoms with Crippen molar-refractivity contribution in [1.82, 2.24) is 15.2 Å². The van der Waals surface area contributed by atoms with Crippen LogP contribution < -0.4 is 11.5 Å². The topological polar surface area (TPSA) is 138 Å². The molecule has 17 heavy (non-hydrogen) atoms. The number of primary amides is 1. The monoisotopic (exact) mass is 241 g/mol. The molecule has 1 atom stereocenters. The number of hydrogen-bond acceptors (Lipinski definition) is 7. The summed E-state index contributed by atoms with van der Waals surface area (Å²) in [5, 5.41) is 6.69. The summed E-state index contributed by atoms with van der Waals surface area (Å²) in [7, 11) is 0. The molecular formula is C8H11N5O4. The molecule has 0 aliphatic carbocycles. The maximum Gasteiger partial charge on any atom is 0.280 e.